The number of nitrogens with one attached hydrogen (secondary N) is 3. The zero-order valence-electron chi connectivity index (χ0n) is 17.1. The summed E-state index contributed by atoms with van der Waals surface area (Å²) in [5.74, 6) is 0.743. The van der Waals surface area contributed by atoms with E-state index in [4.69, 9.17) is 0 Å². The molecule has 0 spiro atoms. The van der Waals surface area contributed by atoms with Crippen LogP contribution >= 0.6 is 0 Å². The van der Waals surface area contributed by atoms with Crippen LogP contribution in [0, 0.1) is 0 Å². The maximum absolute atomic E-state index is 13.5. The first-order valence-corrected chi connectivity index (χ1v) is 10.1. The zero-order valence-corrected chi connectivity index (χ0v) is 17.1. The van der Waals surface area contributed by atoms with Crippen LogP contribution in [0.5, 0.6) is 0 Å². The molecule has 29 heavy (non-hydrogen) atoms. The molecule has 0 saturated heterocycles. The average Bonchev–Trinajstić information content (AvgIpc) is 3.12. The summed E-state index contributed by atoms with van der Waals surface area (Å²) >= 11 is 0. The van der Waals surface area contributed by atoms with E-state index in [1.807, 2.05) is 54.4 Å². The fraction of sp³-hybridized carbons (Fsp3) is 0.409. The van der Waals surface area contributed by atoms with Crippen molar-refractivity contribution in [1.29, 1.82) is 0 Å². The van der Waals surface area contributed by atoms with Crippen molar-refractivity contribution in [3.63, 3.8) is 0 Å². The molecule has 2 aromatic rings. The molecule has 0 fully saturated rings. The second-order valence-corrected chi connectivity index (χ2v) is 7.81. The third-order valence-electron chi connectivity index (χ3n) is 5.99. The Bertz CT molecular complexity index is 917. The van der Waals surface area contributed by atoms with E-state index in [0.29, 0.717) is 6.54 Å². The molecule has 7 heteroatoms. The van der Waals surface area contributed by atoms with Gasteiger partial charge in [0, 0.05) is 17.7 Å². The van der Waals surface area contributed by atoms with Gasteiger partial charge in [0.1, 0.15) is 12.1 Å². The molecule has 3 N–H and O–H groups in total. The van der Waals surface area contributed by atoms with Gasteiger partial charge in [0.25, 0.3) is 5.82 Å². The number of para-hydroxylation sites is 1. The number of hydrogen-bond donors (Lipinski definition) is 3. The molecule has 0 saturated carbocycles. The minimum atomic E-state index is -0.594. The summed E-state index contributed by atoms with van der Waals surface area (Å²) in [6.45, 7) is 4.42. The lowest BCUT2D eigenvalue weighted by molar-refractivity contribution is -0.710. The molecule has 1 aromatic heterocycles. The van der Waals surface area contributed by atoms with Crippen molar-refractivity contribution >= 4 is 23.3 Å². The quantitative estimate of drug-likeness (QED) is 0.639. The highest BCUT2D eigenvalue weighted by molar-refractivity contribution is 6.01. The summed E-state index contributed by atoms with van der Waals surface area (Å²) in [6.07, 6.45) is 2.79. The van der Waals surface area contributed by atoms with E-state index >= 15 is 0 Å². The van der Waals surface area contributed by atoms with E-state index in [0.717, 1.165) is 17.9 Å². The van der Waals surface area contributed by atoms with Crippen LogP contribution in [0.1, 0.15) is 25.5 Å². The maximum atomic E-state index is 13.5. The lowest BCUT2D eigenvalue weighted by Gasteiger charge is -2.33. The van der Waals surface area contributed by atoms with Gasteiger partial charge in [-0.05, 0) is 45.2 Å². The number of hydrogen-bond acceptors (Lipinski definition) is 4. The zero-order chi connectivity index (χ0) is 20.5. The molecule has 0 radical (unpaired) electrons. The molecule has 7 nitrogen and oxygen atoms in total. The second kappa shape index (κ2) is 7.83. The van der Waals surface area contributed by atoms with Crippen LogP contribution in [0.15, 0.2) is 48.7 Å². The standard InChI is InChI=1S/C22H27N5O2/c1-14(23-3)20(28)25-19-15(2)26-11-7-8-16-12-18(27(21(16)26)22(19)29)13-24-17-9-5-4-6-10-17/h4-11,14-15,18-19,23-24H,12-13H2,1-3H3/p+1/t14-,15?,18-,19-/m0/s1. The predicted octanol–water partition coefficient (Wildman–Crippen LogP) is 1.01. The normalized spacial score (nSPS) is 23.5. The summed E-state index contributed by atoms with van der Waals surface area (Å²) in [6, 6.07) is 13.0. The van der Waals surface area contributed by atoms with Crippen molar-refractivity contribution < 1.29 is 14.2 Å². The van der Waals surface area contributed by atoms with E-state index in [1.165, 1.54) is 5.56 Å². The number of benzene rings is 1. The minimum Gasteiger partial charge on any atom is -0.381 e. The van der Waals surface area contributed by atoms with E-state index < -0.39 is 6.04 Å². The Morgan fingerprint density at radius 2 is 2.00 bits per heavy atom. The summed E-state index contributed by atoms with van der Waals surface area (Å²) in [5, 5.41) is 9.33. The average molecular weight is 394 g/mol. The molecule has 2 amide bonds. The van der Waals surface area contributed by atoms with E-state index in [9.17, 15) is 9.59 Å². The SMILES string of the molecule is CN[C@@H](C)C(=O)N[C@@H]1C(=O)N2c3c(ccc[n+]3C1C)C[C@H]2CNc1ccccc1. The molecule has 0 aliphatic carbocycles. The van der Waals surface area contributed by atoms with Gasteiger partial charge in [-0.25, -0.2) is 9.36 Å². The number of carbonyl (C=O) groups excluding carboxylic acids is 2. The molecule has 1 unspecified atom stereocenters. The largest absolute Gasteiger partial charge is 0.381 e. The lowest BCUT2D eigenvalue weighted by Crippen LogP contribution is -2.67. The van der Waals surface area contributed by atoms with Crippen molar-refractivity contribution in [3.8, 4) is 0 Å². The van der Waals surface area contributed by atoms with Crippen LogP contribution < -0.4 is 25.4 Å². The highest BCUT2D eigenvalue weighted by Gasteiger charge is 2.53. The smallest absolute Gasteiger partial charge is 0.336 e. The van der Waals surface area contributed by atoms with Crippen molar-refractivity contribution in [2.24, 2.45) is 0 Å². The maximum Gasteiger partial charge on any atom is 0.336 e. The highest BCUT2D eigenvalue weighted by Crippen LogP contribution is 2.34. The van der Waals surface area contributed by atoms with Crippen LogP contribution in [-0.4, -0.2) is 43.5 Å². The first-order chi connectivity index (χ1) is 14.0. The number of rotatable bonds is 6. The Morgan fingerprint density at radius 1 is 1.24 bits per heavy atom. The fourth-order valence-corrected chi connectivity index (χ4v) is 4.20. The van der Waals surface area contributed by atoms with Gasteiger partial charge < -0.3 is 16.0 Å². The Morgan fingerprint density at radius 3 is 2.72 bits per heavy atom. The Hall–Kier alpha value is -2.93. The number of amides is 2. The number of likely N-dealkylation sites (N-methyl/N-ethyl adjacent to an activating group) is 1. The van der Waals surface area contributed by atoms with Gasteiger partial charge in [-0.3, -0.25) is 4.79 Å². The summed E-state index contributed by atoms with van der Waals surface area (Å²) < 4.78 is 2.12. The van der Waals surface area contributed by atoms with Crippen LogP contribution in [0.2, 0.25) is 0 Å². The molecule has 2 aliphatic rings. The van der Waals surface area contributed by atoms with Crippen LogP contribution in [0.3, 0.4) is 0 Å². The number of carbonyl (C=O) groups is 2. The molecule has 4 rings (SSSR count). The topological polar surface area (TPSA) is 77.4 Å². The highest BCUT2D eigenvalue weighted by atomic mass is 16.2. The minimum absolute atomic E-state index is 0.0000169. The summed E-state index contributed by atoms with van der Waals surface area (Å²) in [7, 11) is 1.73. The summed E-state index contributed by atoms with van der Waals surface area (Å²) in [4.78, 5) is 27.8. The van der Waals surface area contributed by atoms with Crippen LogP contribution in [0.4, 0.5) is 11.5 Å². The molecule has 1 aromatic carbocycles. The summed E-state index contributed by atoms with van der Waals surface area (Å²) in [5.41, 5.74) is 2.20. The van der Waals surface area contributed by atoms with Gasteiger partial charge in [-0.1, -0.05) is 18.2 Å². The Labute approximate surface area is 171 Å². The predicted molar refractivity (Wildman–Crippen MR) is 112 cm³/mol. The fourth-order valence-electron chi connectivity index (χ4n) is 4.20. The van der Waals surface area contributed by atoms with Crippen molar-refractivity contribution in [1.82, 2.24) is 10.6 Å². The van der Waals surface area contributed by atoms with E-state index in [2.05, 4.69) is 26.6 Å². The third kappa shape index (κ3) is 3.46. The van der Waals surface area contributed by atoms with E-state index in [-0.39, 0.29) is 29.9 Å². The molecule has 4 atom stereocenters. The number of aromatic nitrogens is 1. The number of pyridine rings is 1. The van der Waals surface area contributed by atoms with Gasteiger partial charge in [0.15, 0.2) is 6.04 Å². The van der Waals surface area contributed by atoms with Crippen LogP contribution in [0.25, 0.3) is 0 Å². The first kappa shape index (κ1) is 19.4. The second-order valence-electron chi connectivity index (χ2n) is 7.81. The number of nitrogens with zero attached hydrogens (tertiary/aromatic N) is 2. The molecule has 3 heterocycles. The molecule has 2 aliphatic heterocycles. The Kier molecular flexibility index (Phi) is 5.24. The third-order valence-corrected chi connectivity index (χ3v) is 5.99. The van der Waals surface area contributed by atoms with Gasteiger partial charge in [-0.2, -0.15) is 4.90 Å². The van der Waals surface area contributed by atoms with Gasteiger partial charge in [0.05, 0.1) is 18.8 Å². The van der Waals surface area contributed by atoms with Crippen molar-refractivity contribution in [2.45, 2.75) is 44.4 Å². The Balaban J connectivity index is 1.61. The molecule has 0 bridgehead atoms. The molecule has 152 valence electrons. The van der Waals surface area contributed by atoms with Crippen LogP contribution in [-0.2, 0) is 16.0 Å². The number of anilines is 2. The monoisotopic (exact) mass is 394 g/mol. The van der Waals surface area contributed by atoms with Crippen molar-refractivity contribution in [2.75, 3.05) is 23.8 Å². The van der Waals surface area contributed by atoms with Gasteiger partial charge in [0.2, 0.25) is 5.91 Å². The lowest BCUT2D eigenvalue weighted by atomic mass is 10.0. The van der Waals surface area contributed by atoms with E-state index in [1.54, 1.807) is 14.0 Å². The first-order valence-electron chi connectivity index (χ1n) is 10.1. The van der Waals surface area contributed by atoms with Crippen molar-refractivity contribution in [3.05, 3.63) is 54.2 Å². The van der Waals surface area contributed by atoms with Gasteiger partial charge in [-0.15, -0.1) is 0 Å². The molecular formula is C22H28N5O2+. The van der Waals surface area contributed by atoms with Gasteiger partial charge >= 0.3 is 5.91 Å². The molecular weight excluding hydrogens is 366 g/mol.